The molecular formula is C11H16N2O4S2. The predicted octanol–water partition coefficient (Wildman–Crippen LogP) is 0.323. The highest BCUT2D eigenvalue weighted by molar-refractivity contribution is 7.91. The lowest BCUT2D eigenvalue weighted by molar-refractivity contribution is 0.559. The van der Waals surface area contributed by atoms with Crippen molar-refractivity contribution in [1.82, 2.24) is 0 Å². The summed E-state index contributed by atoms with van der Waals surface area (Å²) >= 11 is 0. The smallest absolute Gasteiger partial charge is 0.238 e. The molecule has 0 radical (unpaired) electrons. The van der Waals surface area contributed by atoms with Gasteiger partial charge in [0, 0.05) is 11.7 Å². The number of nitrogens with two attached hydrogens (primary N) is 1. The van der Waals surface area contributed by atoms with Crippen LogP contribution in [-0.4, -0.2) is 34.4 Å². The molecule has 106 valence electrons. The van der Waals surface area contributed by atoms with Gasteiger partial charge in [-0.05, 0) is 31.0 Å². The Morgan fingerprint density at radius 3 is 2.42 bits per heavy atom. The van der Waals surface area contributed by atoms with Gasteiger partial charge in [-0.25, -0.2) is 22.0 Å². The van der Waals surface area contributed by atoms with E-state index >= 15 is 0 Å². The zero-order chi connectivity index (χ0) is 14.1. The van der Waals surface area contributed by atoms with Crippen molar-refractivity contribution in [1.29, 1.82) is 0 Å². The number of hydrogen-bond donors (Lipinski definition) is 2. The lowest BCUT2D eigenvalue weighted by Gasteiger charge is -2.24. The molecule has 0 saturated carbocycles. The maximum absolute atomic E-state index is 11.3. The molecule has 1 aliphatic rings. The van der Waals surface area contributed by atoms with Gasteiger partial charge in [-0.2, -0.15) is 0 Å². The van der Waals surface area contributed by atoms with Gasteiger partial charge in [0.15, 0.2) is 0 Å². The second-order valence-corrected chi connectivity index (χ2v) is 8.51. The summed E-state index contributed by atoms with van der Waals surface area (Å²) in [6, 6.07) is 6.25. The molecule has 0 amide bonds. The van der Waals surface area contributed by atoms with E-state index in [4.69, 9.17) is 5.14 Å². The molecule has 1 aromatic rings. The number of hydrogen-bond acceptors (Lipinski definition) is 5. The van der Waals surface area contributed by atoms with Crippen LogP contribution in [0.1, 0.15) is 12.8 Å². The number of nitrogens with one attached hydrogen (secondary N) is 1. The van der Waals surface area contributed by atoms with Gasteiger partial charge in [0.1, 0.15) is 9.84 Å². The number of benzene rings is 1. The van der Waals surface area contributed by atoms with Crippen molar-refractivity contribution in [2.45, 2.75) is 23.8 Å². The van der Waals surface area contributed by atoms with Crippen molar-refractivity contribution in [2.75, 3.05) is 16.8 Å². The average molecular weight is 304 g/mol. The topological polar surface area (TPSA) is 106 Å². The lowest BCUT2D eigenvalue weighted by Crippen LogP contribution is -2.32. The van der Waals surface area contributed by atoms with Crippen LogP contribution in [0, 0.1) is 0 Å². The Kier molecular flexibility index (Phi) is 3.84. The fourth-order valence-electron chi connectivity index (χ4n) is 2.03. The van der Waals surface area contributed by atoms with Crippen molar-refractivity contribution in [3.05, 3.63) is 24.3 Å². The van der Waals surface area contributed by atoms with Crippen LogP contribution in [-0.2, 0) is 19.9 Å². The van der Waals surface area contributed by atoms with Gasteiger partial charge < -0.3 is 5.32 Å². The number of sulfone groups is 1. The maximum atomic E-state index is 11.3. The van der Waals surface area contributed by atoms with E-state index in [1.54, 1.807) is 12.1 Å². The van der Waals surface area contributed by atoms with Crippen LogP contribution in [0.25, 0.3) is 0 Å². The second kappa shape index (κ2) is 5.10. The summed E-state index contributed by atoms with van der Waals surface area (Å²) in [5.41, 5.74) is 0.635. The SMILES string of the molecule is NS(=O)(=O)c1cccc(NC2CCS(=O)(=O)CC2)c1. The average Bonchev–Trinajstić information content (AvgIpc) is 2.31. The minimum atomic E-state index is -3.72. The molecule has 1 aliphatic heterocycles. The third-order valence-electron chi connectivity index (χ3n) is 3.09. The van der Waals surface area contributed by atoms with Gasteiger partial charge in [-0.1, -0.05) is 6.07 Å². The van der Waals surface area contributed by atoms with Crippen molar-refractivity contribution < 1.29 is 16.8 Å². The fourth-order valence-corrected chi connectivity index (χ4v) is 4.08. The molecule has 6 nitrogen and oxygen atoms in total. The van der Waals surface area contributed by atoms with E-state index in [-0.39, 0.29) is 22.4 Å². The normalized spacial score (nSPS) is 20.1. The molecule has 0 unspecified atom stereocenters. The number of primary sulfonamides is 1. The molecular weight excluding hydrogens is 288 g/mol. The molecule has 0 aromatic heterocycles. The highest BCUT2D eigenvalue weighted by atomic mass is 32.2. The van der Waals surface area contributed by atoms with Gasteiger partial charge in [0.25, 0.3) is 0 Å². The summed E-state index contributed by atoms with van der Waals surface area (Å²) in [6.45, 7) is 0. The predicted molar refractivity (Wildman–Crippen MR) is 73.1 cm³/mol. The Morgan fingerprint density at radius 1 is 1.21 bits per heavy atom. The van der Waals surface area contributed by atoms with Crippen LogP contribution in [0.3, 0.4) is 0 Å². The first-order chi connectivity index (χ1) is 8.76. The highest BCUT2D eigenvalue weighted by Crippen LogP contribution is 2.20. The molecule has 1 saturated heterocycles. The second-order valence-electron chi connectivity index (χ2n) is 4.64. The van der Waals surface area contributed by atoms with Gasteiger partial charge in [-0.3, -0.25) is 0 Å². The minimum Gasteiger partial charge on any atom is -0.382 e. The molecule has 0 bridgehead atoms. The van der Waals surface area contributed by atoms with E-state index in [0.29, 0.717) is 18.5 Å². The fraction of sp³-hybridized carbons (Fsp3) is 0.455. The summed E-state index contributed by atoms with van der Waals surface area (Å²) in [6.07, 6.45) is 1.06. The number of rotatable bonds is 3. The summed E-state index contributed by atoms with van der Waals surface area (Å²) in [5, 5.41) is 8.21. The van der Waals surface area contributed by atoms with Crippen molar-refractivity contribution in [3.8, 4) is 0 Å². The maximum Gasteiger partial charge on any atom is 0.238 e. The Labute approximate surface area is 113 Å². The van der Waals surface area contributed by atoms with Crippen LogP contribution < -0.4 is 10.5 Å². The van der Waals surface area contributed by atoms with Crippen LogP contribution in [0.2, 0.25) is 0 Å². The Morgan fingerprint density at radius 2 is 1.84 bits per heavy atom. The van der Waals surface area contributed by atoms with E-state index in [9.17, 15) is 16.8 Å². The first-order valence-electron chi connectivity index (χ1n) is 5.86. The molecule has 0 aliphatic carbocycles. The van der Waals surface area contributed by atoms with Crippen LogP contribution in [0.5, 0.6) is 0 Å². The molecule has 2 rings (SSSR count). The van der Waals surface area contributed by atoms with E-state index in [0.717, 1.165) is 0 Å². The third-order valence-corrected chi connectivity index (χ3v) is 5.71. The first-order valence-corrected chi connectivity index (χ1v) is 9.23. The molecule has 8 heteroatoms. The number of anilines is 1. The van der Waals surface area contributed by atoms with Crippen molar-refractivity contribution in [3.63, 3.8) is 0 Å². The highest BCUT2D eigenvalue weighted by Gasteiger charge is 2.23. The largest absolute Gasteiger partial charge is 0.382 e. The van der Waals surface area contributed by atoms with Gasteiger partial charge >= 0.3 is 0 Å². The zero-order valence-electron chi connectivity index (χ0n) is 10.2. The Hall–Kier alpha value is -1.12. The minimum absolute atomic E-state index is 0.0410. The van der Waals surface area contributed by atoms with Gasteiger partial charge in [-0.15, -0.1) is 0 Å². The summed E-state index contributed by atoms with van der Waals surface area (Å²) in [4.78, 5) is 0.0425. The summed E-state index contributed by atoms with van der Waals surface area (Å²) in [7, 11) is -6.62. The quantitative estimate of drug-likeness (QED) is 0.836. The molecule has 1 fully saturated rings. The standard InChI is InChI=1S/C11H16N2O4S2/c12-19(16,17)11-3-1-2-10(8-11)13-9-4-6-18(14,15)7-5-9/h1-3,8-9,13H,4-7H2,(H2,12,16,17). The van der Waals surface area contributed by atoms with Crippen LogP contribution in [0.4, 0.5) is 5.69 Å². The zero-order valence-corrected chi connectivity index (χ0v) is 11.9. The van der Waals surface area contributed by atoms with Crippen molar-refractivity contribution >= 4 is 25.5 Å². The van der Waals surface area contributed by atoms with E-state index in [1.807, 2.05) is 0 Å². The van der Waals surface area contributed by atoms with Crippen LogP contribution >= 0.6 is 0 Å². The lowest BCUT2D eigenvalue weighted by atomic mass is 10.1. The number of sulfonamides is 1. The molecule has 3 N–H and O–H groups in total. The Balaban J connectivity index is 2.09. The van der Waals surface area contributed by atoms with Gasteiger partial charge in [0.2, 0.25) is 10.0 Å². The van der Waals surface area contributed by atoms with Crippen LogP contribution in [0.15, 0.2) is 29.2 Å². The molecule has 19 heavy (non-hydrogen) atoms. The molecule has 0 atom stereocenters. The Bertz CT molecular complexity index is 654. The van der Waals surface area contributed by atoms with E-state index in [1.165, 1.54) is 12.1 Å². The molecule has 1 aromatic carbocycles. The summed E-state index contributed by atoms with van der Waals surface area (Å²) < 4.78 is 45.1. The third kappa shape index (κ3) is 3.92. The van der Waals surface area contributed by atoms with E-state index < -0.39 is 19.9 Å². The summed E-state index contributed by atoms with van der Waals surface area (Å²) in [5.74, 6) is 0.332. The molecule has 1 heterocycles. The first kappa shape index (κ1) is 14.3. The monoisotopic (exact) mass is 304 g/mol. The van der Waals surface area contributed by atoms with E-state index in [2.05, 4.69) is 5.32 Å². The molecule has 0 spiro atoms. The van der Waals surface area contributed by atoms with Crippen molar-refractivity contribution in [2.24, 2.45) is 5.14 Å². The van der Waals surface area contributed by atoms with Gasteiger partial charge in [0.05, 0.1) is 16.4 Å².